The second-order valence-electron chi connectivity index (χ2n) is 7.58. The van der Waals surface area contributed by atoms with Crippen LogP contribution in [0.15, 0.2) is 48.5 Å². The summed E-state index contributed by atoms with van der Waals surface area (Å²) >= 11 is 0. The zero-order chi connectivity index (χ0) is 21.3. The lowest BCUT2D eigenvalue weighted by Crippen LogP contribution is -2.51. The summed E-state index contributed by atoms with van der Waals surface area (Å²) < 4.78 is 10.1. The molecule has 2 aliphatic rings. The molecule has 2 amide bonds. The van der Waals surface area contributed by atoms with E-state index in [0.29, 0.717) is 18.7 Å². The fourth-order valence-electron chi connectivity index (χ4n) is 4.22. The van der Waals surface area contributed by atoms with Crippen LogP contribution in [0.3, 0.4) is 0 Å². The number of rotatable bonds is 4. The number of fused-ring (bicyclic) bond motifs is 1. The molecule has 0 spiro atoms. The molecule has 0 bridgehead atoms. The van der Waals surface area contributed by atoms with E-state index in [1.54, 1.807) is 41.2 Å². The van der Waals surface area contributed by atoms with Crippen LogP contribution < -0.4 is 9.64 Å². The lowest BCUT2D eigenvalue weighted by Gasteiger charge is -2.36. The number of carbonyl (C=O) groups is 3. The highest BCUT2D eigenvalue weighted by atomic mass is 16.5. The smallest absolute Gasteiger partial charge is 0.328 e. The normalized spacial score (nSPS) is 20.7. The van der Waals surface area contributed by atoms with Gasteiger partial charge in [-0.15, -0.1) is 0 Å². The average Bonchev–Trinajstić information content (AvgIpc) is 3.18. The SMILES string of the molecule is COC(=O)[C@@H]1Cc2ccccc2CN1C(=O)[C@@H]1CC(=O)N(c2ccc(OC)cc2)C1. The molecule has 156 valence electrons. The highest BCUT2D eigenvalue weighted by Gasteiger charge is 2.42. The Balaban J connectivity index is 1.55. The Kier molecular flexibility index (Phi) is 5.44. The fraction of sp³-hybridized carbons (Fsp3) is 0.348. The van der Waals surface area contributed by atoms with Gasteiger partial charge in [0, 0.05) is 31.6 Å². The Labute approximate surface area is 175 Å². The molecule has 2 aromatic carbocycles. The van der Waals surface area contributed by atoms with Crippen LogP contribution in [-0.4, -0.2) is 49.5 Å². The van der Waals surface area contributed by atoms with Crippen LogP contribution in [-0.2, 0) is 32.1 Å². The zero-order valence-corrected chi connectivity index (χ0v) is 17.0. The molecule has 1 fully saturated rings. The molecule has 1 saturated heterocycles. The van der Waals surface area contributed by atoms with Crippen LogP contribution in [0.1, 0.15) is 17.5 Å². The Morgan fingerprint density at radius 3 is 2.33 bits per heavy atom. The standard InChI is InChI=1S/C23H24N2O5/c1-29-19-9-7-18(8-10-19)24-14-17(12-21(24)26)22(27)25-13-16-6-4-3-5-15(16)11-20(25)23(28)30-2/h3-10,17,20H,11-14H2,1-2H3/t17-,20+/m1/s1. The van der Waals surface area contributed by atoms with Crippen LogP contribution in [0, 0.1) is 5.92 Å². The summed E-state index contributed by atoms with van der Waals surface area (Å²) in [7, 11) is 2.91. The van der Waals surface area contributed by atoms with Crippen molar-refractivity contribution in [3.8, 4) is 5.75 Å². The number of nitrogens with zero attached hydrogens (tertiary/aromatic N) is 2. The van der Waals surface area contributed by atoms with Crippen molar-refractivity contribution in [3.63, 3.8) is 0 Å². The number of ether oxygens (including phenoxy) is 2. The van der Waals surface area contributed by atoms with Crippen molar-refractivity contribution in [3.05, 3.63) is 59.7 Å². The first-order chi connectivity index (χ1) is 14.5. The monoisotopic (exact) mass is 408 g/mol. The van der Waals surface area contributed by atoms with Gasteiger partial charge in [-0.3, -0.25) is 9.59 Å². The van der Waals surface area contributed by atoms with Gasteiger partial charge in [-0.25, -0.2) is 4.79 Å². The molecule has 2 aromatic rings. The third-order valence-electron chi connectivity index (χ3n) is 5.86. The minimum Gasteiger partial charge on any atom is -0.497 e. The van der Waals surface area contributed by atoms with Gasteiger partial charge >= 0.3 is 5.97 Å². The topological polar surface area (TPSA) is 76.2 Å². The molecule has 2 aliphatic heterocycles. The molecule has 0 saturated carbocycles. The molecule has 0 unspecified atom stereocenters. The van der Waals surface area contributed by atoms with Crippen LogP contribution in [0.25, 0.3) is 0 Å². The van der Waals surface area contributed by atoms with Gasteiger partial charge in [0.2, 0.25) is 11.8 Å². The second kappa shape index (κ2) is 8.18. The Hall–Kier alpha value is -3.35. The van der Waals surface area contributed by atoms with Crippen LogP contribution in [0.2, 0.25) is 0 Å². The van der Waals surface area contributed by atoms with Crippen molar-refractivity contribution in [2.75, 3.05) is 25.7 Å². The lowest BCUT2D eigenvalue weighted by atomic mass is 9.92. The fourth-order valence-corrected chi connectivity index (χ4v) is 4.22. The highest BCUT2D eigenvalue weighted by molar-refractivity contribution is 6.01. The number of esters is 1. The van der Waals surface area contributed by atoms with Gasteiger partial charge in [-0.2, -0.15) is 0 Å². The number of carbonyl (C=O) groups excluding carboxylic acids is 3. The van der Waals surface area contributed by atoms with Crippen LogP contribution in [0.5, 0.6) is 5.75 Å². The number of hydrogen-bond acceptors (Lipinski definition) is 5. The van der Waals surface area contributed by atoms with E-state index in [0.717, 1.165) is 16.8 Å². The third-order valence-corrected chi connectivity index (χ3v) is 5.86. The molecular formula is C23H24N2O5. The molecule has 7 nitrogen and oxygen atoms in total. The summed E-state index contributed by atoms with van der Waals surface area (Å²) in [6.45, 7) is 0.623. The third kappa shape index (κ3) is 3.63. The van der Waals surface area contributed by atoms with Gasteiger partial charge in [0.15, 0.2) is 0 Å². The first kappa shape index (κ1) is 19.9. The summed E-state index contributed by atoms with van der Waals surface area (Å²) in [4.78, 5) is 41.6. The van der Waals surface area contributed by atoms with Crippen LogP contribution >= 0.6 is 0 Å². The molecule has 0 aromatic heterocycles. The molecule has 0 radical (unpaired) electrons. The molecule has 0 aliphatic carbocycles. The molecular weight excluding hydrogens is 384 g/mol. The number of benzene rings is 2. The number of anilines is 1. The van der Waals surface area contributed by atoms with Gasteiger partial charge < -0.3 is 19.3 Å². The van der Waals surface area contributed by atoms with Gasteiger partial charge in [0.05, 0.1) is 20.1 Å². The predicted molar refractivity (Wildman–Crippen MR) is 110 cm³/mol. The van der Waals surface area contributed by atoms with E-state index < -0.39 is 17.9 Å². The molecule has 4 rings (SSSR count). The molecule has 2 heterocycles. The lowest BCUT2D eigenvalue weighted by molar-refractivity contribution is -0.155. The molecule has 0 N–H and O–H groups in total. The minimum absolute atomic E-state index is 0.106. The summed E-state index contributed by atoms with van der Waals surface area (Å²) in [5, 5.41) is 0. The maximum Gasteiger partial charge on any atom is 0.328 e. The van der Waals surface area contributed by atoms with E-state index in [1.807, 2.05) is 24.3 Å². The van der Waals surface area contributed by atoms with E-state index >= 15 is 0 Å². The van der Waals surface area contributed by atoms with Crippen molar-refractivity contribution in [1.82, 2.24) is 4.90 Å². The van der Waals surface area contributed by atoms with Crippen molar-refractivity contribution >= 4 is 23.5 Å². The minimum atomic E-state index is -0.678. The van der Waals surface area contributed by atoms with Gasteiger partial charge in [-0.1, -0.05) is 24.3 Å². The summed E-state index contributed by atoms with van der Waals surface area (Å²) in [5.74, 6) is -0.535. The zero-order valence-electron chi connectivity index (χ0n) is 17.0. The number of amides is 2. The van der Waals surface area contributed by atoms with Crippen molar-refractivity contribution in [2.45, 2.75) is 25.4 Å². The number of methoxy groups -OCH3 is 2. The molecule has 2 atom stereocenters. The molecule has 7 heteroatoms. The maximum absolute atomic E-state index is 13.4. The van der Waals surface area contributed by atoms with Crippen molar-refractivity contribution < 1.29 is 23.9 Å². The highest BCUT2D eigenvalue weighted by Crippen LogP contribution is 2.31. The van der Waals surface area contributed by atoms with Gasteiger partial charge in [-0.05, 0) is 35.4 Å². The van der Waals surface area contributed by atoms with E-state index in [9.17, 15) is 14.4 Å². The Morgan fingerprint density at radius 1 is 0.967 bits per heavy atom. The summed E-state index contributed by atoms with van der Waals surface area (Å²) in [5.41, 5.74) is 2.78. The second-order valence-corrected chi connectivity index (χ2v) is 7.58. The Bertz CT molecular complexity index is 972. The van der Waals surface area contributed by atoms with E-state index in [4.69, 9.17) is 9.47 Å². The van der Waals surface area contributed by atoms with E-state index in [2.05, 4.69) is 0 Å². The predicted octanol–water partition coefficient (Wildman–Crippen LogP) is 2.17. The Morgan fingerprint density at radius 2 is 1.67 bits per heavy atom. The van der Waals surface area contributed by atoms with Crippen LogP contribution in [0.4, 0.5) is 5.69 Å². The van der Waals surface area contributed by atoms with Gasteiger partial charge in [0.1, 0.15) is 11.8 Å². The maximum atomic E-state index is 13.4. The summed E-state index contributed by atoms with van der Waals surface area (Å²) in [6.07, 6.45) is 0.536. The summed E-state index contributed by atoms with van der Waals surface area (Å²) in [6, 6.07) is 14.3. The van der Waals surface area contributed by atoms with Crippen molar-refractivity contribution in [2.24, 2.45) is 5.92 Å². The largest absolute Gasteiger partial charge is 0.497 e. The first-order valence-electron chi connectivity index (χ1n) is 9.91. The average molecular weight is 408 g/mol. The number of hydrogen-bond donors (Lipinski definition) is 0. The van der Waals surface area contributed by atoms with Crippen molar-refractivity contribution in [1.29, 1.82) is 0 Å². The molecule has 30 heavy (non-hydrogen) atoms. The van der Waals surface area contributed by atoms with E-state index in [-0.39, 0.29) is 24.8 Å². The first-order valence-corrected chi connectivity index (χ1v) is 9.91. The van der Waals surface area contributed by atoms with Gasteiger partial charge in [0.25, 0.3) is 0 Å². The quantitative estimate of drug-likeness (QED) is 0.725. The van der Waals surface area contributed by atoms with E-state index in [1.165, 1.54) is 7.11 Å².